The second kappa shape index (κ2) is 8.20. The zero-order valence-electron chi connectivity index (χ0n) is 13.0. The van der Waals surface area contributed by atoms with Crippen molar-refractivity contribution in [2.24, 2.45) is 0 Å². The molecular formula is C16H24ClN3OS. The van der Waals surface area contributed by atoms with Gasteiger partial charge in [0.25, 0.3) is 5.91 Å². The number of carbonyl (C=O) groups is 1. The van der Waals surface area contributed by atoms with Crippen LogP contribution in [0.25, 0.3) is 0 Å². The maximum atomic E-state index is 12.7. The van der Waals surface area contributed by atoms with Crippen LogP contribution in [0.4, 0.5) is 0 Å². The number of thioether (sulfide) groups is 1. The number of benzene rings is 1. The molecule has 2 saturated heterocycles. The van der Waals surface area contributed by atoms with Crippen LogP contribution in [0.5, 0.6) is 0 Å². The summed E-state index contributed by atoms with van der Waals surface area (Å²) < 4.78 is 0. The molecule has 2 heterocycles. The summed E-state index contributed by atoms with van der Waals surface area (Å²) in [7, 11) is 0. The second-order valence-corrected chi connectivity index (χ2v) is 6.53. The summed E-state index contributed by atoms with van der Waals surface area (Å²) in [6.45, 7) is 6.11. The molecule has 2 aliphatic rings. The van der Waals surface area contributed by atoms with Gasteiger partial charge in [-0.3, -0.25) is 9.69 Å². The number of piperazine rings is 1. The van der Waals surface area contributed by atoms with Crippen LogP contribution >= 0.6 is 24.2 Å². The molecule has 2 aliphatic heterocycles. The van der Waals surface area contributed by atoms with Crippen molar-refractivity contribution in [2.75, 3.05) is 45.5 Å². The van der Waals surface area contributed by atoms with E-state index in [2.05, 4.69) is 10.2 Å². The minimum atomic E-state index is 0. The lowest BCUT2D eigenvalue weighted by Crippen LogP contribution is -2.49. The Labute approximate surface area is 143 Å². The molecule has 0 radical (unpaired) electrons. The number of likely N-dealkylation sites (tertiary alicyclic amines) is 1. The molecule has 0 aliphatic carbocycles. The van der Waals surface area contributed by atoms with Gasteiger partial charge >= 0.3 is 0 Å². The predicted molar refractivity (Wildman–Crippen MR) is 94.2 cm³/mol. The number of hydrogen-bond acceptors (Lipinski definition) is 4. The Kier molecular flexibility index (Phi) is 6.56. The van der Waals surface area contributed by atoms with Gasteiger partial charge in [-0.2, -0.15) is 0 Å². The van der Waals surface area contributed by atoms with E-state index < -0.39 is 0 Å². The molecule has 1 N–H and O–H groups in total. The molecule has 0 bridgehead atoms. The molecule has 6 heteroatoms. The first-order valence-electron chi connectivity index (χ1n) is 7.66. The number of halogens is 1. The van der Waals surface area contributed by atoms with E-state index in [9.17, 15) is 4.79 Å². The Morgan fingerprint density at radius 1 is 1.23 bits per heavy atom. The van der Waals surface area contributed by atoms with Crippen molar-refractivity contribution in [3.8, 4) is 0 Å². The third kappa shape index (κ3) is 3.77. The van der Waals surface area contributed by atoms with Gasteiger partial charge in [-0.25, -0.2) is 0 Å². The van der Waals surface area contributed by atoms with Crippen molar-refractivity contribution in [1.82, 2.24) is 15.1 Å². The summed E-state index contributed by atoms with van der Waals surface area (Å²) in [6, 6.07) is 8.47. The minimum absolute atomic E-state index is 0. The standard InChI is InChI=1S/C16H23N3OS.ClH/c1-21-15-5-3-2-4-14(15)16(20)19-9-6-13(12-19)18-10-7-17-8-11-18;/h2-5,13,17H,6-12H2,1H3;1H. The van der Waals surface area contributed by atoms with E-state index in [-0.39, 0.29) is 18.3 Å². The Hall–Kier alpha value is -0.750. The van der Waals surface area contributed by atoms with Crippen molar-refractivity contribution in [1.29, 1.82) is 0 Å². The van der Waals surface area contributed by atoms with Gasteiger partial charge < -0.3 is 10.2 Å². The Balaban J connectivity index is 0.00000176. The van der Waals surface area contributed by atoms with E-state index in [0.717, 1.165) is 56.1 Å². The third-order valence-electron chi connectivity index (χ3n) is 4.46. The number of amides is 1. The maximum absolute atomic E-state index is 12.7. The lowest BCUT2D eigenvalue weighted by atomic mass is 10.2. The van der Waals surface area contributed by atoms with E-state index in [0.29, 0.717) is 6.04 Å². The molecule has 1 aromatic carbocycles. The van der Waals surface area contributed by atoms with Crippen LogP contribution in [0.2, 0.25) is 0 Å². The minimum Gasteiger partial charge on any atom is -0.337 e. The lowest BCUT2D eigenvalue weighted by Gasteiger charge is -2.32. The van der Waals surface area contributed by atoms with E-state index in [4.69, 9.17) is 0 Å². The normalized spacial score (nSPS) is 22.4. The SMILES string of the molecule is CSc1ccccc1C(=O)N1CCC(N2CCNCC2)C1.Cl. The summed E-state index contributed by atoms with van der Waals surface area (Å²) in [6.07, 6.45) is 3.13. The lowest BCUT2D eigenvalue weighted by molar-refractivity contribution is 0.0770. The zero-order valence-corrected chi connectivity index (χ0v) is 14.6. The summed E-state index contributed by atoms with van der Waals surface area (Å²) >= 11 is 1.65. The molecule has 3 rings (SSSR count). The number of nitrogens with zero attached hydrogens (tertiary/aromatic N) is 2. The molecule has 1 aromatic rings. The van der Waals surface area contributed by atoms with Crippen LogP contribution in [0.15, 0.2) is 29.2 Å². The highest BCUT2D eigenvalue weighted by Crippen LogP contribution is 2.24. The number of nitrogens with one attached hydrogen (secondary N) is 1. The van der Waals surface area contributed by atoms with Gasteiger partial charge in [-0.05, 0) is 24.8 Å². The number of hydrogen-bond donors (Lipinski definition) is 1. The van der Waals surface area contributed by atoms with Crippen molar-refractivity contribution >= 4 is 30.1 Å². The first-order chi connectivity index (χ1) is 10.3. The number of carbonyl (C=O) groups excluding carboxylic acids is 1. The van der Waals surface area contributed by atoms with Gasteiger partial charge in [0.2, 0.25) is 0 Å². The van der Waals surface area contributed by atoms with Crippen LogP contribution in [-0.4, -0.2) is 67.3 Å². The molecule has 1 amide bonds. The quantitative estimate of drug-likeness (QED) is 0.852. The molecular weight excluding hydrogens is 318 g/mol. The smallest absolute Gasteiger partial charge is 0.255 e. The average Bonchev–Trinajstić information content (AvgIpc) is 3.05. The van der Waals surface area contributed by atoms with Crippen LogP contribution in [-0.2, 0) is 0 Å². The molecule has 122 valence electrons. The van der Waals surface area contributed by atoms with Gasteiger partial charge in [-0.1, -0.05) is 12.1 Å². The summed E-state index contributed by atoms with van der Waals surface area (Å²) in [5, 5.41) is 3.39. The van der Waals surface area contributed by atoms with Crippen molar-refractivity contribution in [3.05, 3.63) is 29.8 Å². The predicted octanol–water partition coefficient (Wildman–Crippen LogP) is 1.95. The molecule has 2 fully saturated rings. The topological polar surface area (TPSA) is 35.6 Å². The van der Waals surface area contributed by atoms with Gasteiger partial charge in [0.15, 0.2) is 0 Å². The maximum Gasteiger partial charge on any atom is 0.255 e. The third-order valence-corrected chi connectivity index (χ3v) is 5.25. The molecule has 0 saturated carbocycles. The van der Waals surface area contributed by atoms with Crippen LogP contribution in [0.3, 0.4) is 0 Å². The number of rotatable bonds is 3. The largest absolute Gasteiger partial charge is 0.337 e. The molecule has 22 heavy (non-hydrogen) atoms. The van der Waals surface area contributed by atoms with Crippen LogP contribution in [0.1, 0.15) is 16.8 Å². The van der Waals surface area contributed by atoms with E-state index in [1.807, 2.05) is 35.4 Å². The Morgan fingerprint density at radius 2 is 1.95 bits per heavy atom. The van der Waals surface area contributed by atoms with Crippen molar-refractivity contribution < 1.29 is 4.79 Å². The van der Waals surface area contributed by atoms with Gasteiger partial charge in [0.1, 0.15) is 0 Å². The monoisotopic (exact) mass is 341 g/mol. The molecule has 0 aromatic heterocycles. The van der Waals surface area contributed by atoms with Crippen molar-refractivity contribution in [3.63, 3.8) is 0 Å². The van der Waals surface area contributed by atoms with Gasteiger partial charge in [-0.15, -0.1) is 24.2 Å². The van der Waals surface area contributed by atoms with Gasteiger partial charge in [0.05, 0.1) is 5.56 Å². The van der Waals surface area contributed by atoms with E-state index >= 15 is 0 Å². The molecule has 1 unspecified atom stereocenters. The van der Waals surface area contributed by atoms with E-state index in [1.54, 1.807) is 11.8 Å². The zero-order chi connectivity index (χ0) is 14.7. The fraction of sp³-hybridized carbons (Fsp3) is 0.562. The Bertz CT molecular complexity index is 508. The summed E-state index contributed by atoms with van der Waals surface area (Å²) in [5.74, 6) is 0.192. The fourth-order valence-electron chi connectivity index (χ4n) is 3.26. The summed E-state index contributed by atoms with van der Waals surface area (Å²) in [4.78, 5) is 18.4. The second-order valence-electron chi connectivity index (χ2n) is 5.68. The molecule has 4 nitrogen and oxygen atoms in total. The van der Waals surface area contributed by atoms with Crippen molar-refractivity contribution in [2.45, 2.75) is 17.4 Å². The van der Waals surface area contributed by atoms with Crippen LogP contribution < -0.4 is 5.32 Å². The van der Waals surface area contributed by atoms with E-state index in [1.165, 1.54) is 0 Å². The highest BCUT2D eigenvalue weighted by atomic mass is 35.5. The highest BCUT2D eigenvalue weighted by Gasteiger charge is 2.31. The highest BCUT2D eigenvalue weighted by molar-refractivity contribution is 7.98. The fourth-order valence-corrected chi connectivity index (χ4v) is 3.85. The first kappa shape index (κ1) is 17.6. The summed E-state index contributed by atoms with van der Waals surface area (Å²) in [5.41, 5.74) is 0.853. The first-order valence-corrected chi connectivity index (χ1v) is 8.89. The average molecular weight is 342 g/mol. The molecule has 1 atom stereocenters. The van der Waals surface area contributed by atoms with Crippen LogP contribution in [0, 0.1) is 0 Å². The molecule has 0 spiro atoms. The van der Waals surface area contributed by atoms with Gasteiger partial charge in [0, 0.05) is 50.2 Å². The Morgan fingerprint density at radius 3 is 2.68 bits per heavy atom.